The number of nitrogens with two attached hydrogens (primary N) is 1. The molecule has 0 saturated heterocycles. The van der Waals surface area contributed by atoms with Crippen molar-refractivity contribution in [3.63, 3.8) is 0 Å². The fourth-order valence-corrected chi connectivity index (χ4v) is 2.41. The van der Waals surface area contributed by atoms with Gasteiger partial charge in [0.1, 0.15) is 5.82 Å². The predicted octanol–water partition coefficient (Wildman–Crippen LogP) is 2.56. The van der Waals surface area contributed by atoms with E-state index in [1.807, 2.05) is 13.8 Å². The second kappa shape index (κ2) is 7.74. The Morgan fingerprint density at radius 3 is 2.76 bits per heavy atom. The molecule has 0 spiro atoms. The Bertz CT molecular complexity index is 742. The van der Waals surface area contributed by atoms with E-state index >= 15 is 0 Å². The van der Waals surface area contributed by atoms with Gasteiger partial charge in [-0.15, -0.1) is 0 Å². The highest BCUT2D eigenvalue weighted by Gasteiger charge is 2.21. The second-order valence-corrected chi connectivity index (χ2v) is 7.09. The van der Waals surface area contributed by atoms with Gasteiger partial charge >= 0.3 is 0 Å². The van der Waals surface area contributed by atoms with Gasteiger partial charge in [0, 0.05) is 32.0 Å². The van der Waals surface area contributed by atoms with Crippen molar-refractivity contribution in [1.82, 2.24) is 15.0 Å². The molecule has 1 aromatic carbocycles. The number of nitrogens with zero attached hydrogens (tertiary/aromatic N) is 3. The zero-order valence-corrected chi connectivity index (χ0v) is 15.2. The third-order valence-corrected chi connectivity index (χ3v) is 4.09. The van der Waals surface area contributed by atoms with Crippen LogP contribution in [0.25, 0.3) is 11.4 Å². The summed E-state index contributed by atoms with van der Waals surface area (Å²) in [4.78, 5) is 18.1. The molecule has 0 aliphatic carbocycles. The summed E-state index contributed by atoms with van der Waals surface area (Å²) >= 11 is 0. The lowest BCUT2D eigenvalue weighted by atomic mass is 9.93. The maximum absolute atomic E-state index is 13.6. The van der Waals surface area contributed by atoms with Gasteiger partial charge in [0.15, 0.2) is 0 Å². The molecule has 1 heterocycles. The van der Waals surface area contributed by atoms with Crippen LogP contribution in [-0.4, -0.2) is 41.1 Å². The van der Waals surface area contributed by atoms with Crippen LogP contribution in [0.3, 0.4) is 0 Å². The number of hydrogen-bond donors (Lipinski definition) is 1. The molecule has 0 bridgehead atoms. The normalized spacial score (nSPS) is 11.6. The summed E-state index contributed by atoms with van der Waals surface area (Å²) in [6.45, 7) is 6.81. The molecule has 0 aliphatic rings. The number of halogens is 1. The third-order valence-electron chi connectivity index (χ3n) is 4.09. The van der Waals surface area contributed by atoms with Crippen LogP contribution in [0.2, 0.25) is 0 Å². The maximum atomic E-state index is 13.6. The Kier molecular flexibility index (Phi) is 5.89. The largest absolute Gasteiger partial charge is 0.345 e. The number of hydrogen-bond acceptors (Lipinski definition) is 5. The molecular weight excluding hydrogens is 323 g/mol. The van der Waals surface area contributed by atoms with Gasteiger partial charge in [-0.2, -0.15) is 4.98 Å². The van der Waals surface area contributed by atoms with Crippen molar-refractivity contribution < 1.29 is 13.7 Å². The maximum Gasteiger partial charge on any atom is 0.227 e. The Balaban J connectivity index is 1.95. The molecule has 1 amide bonds. The summed E-state index contributed by atoms with van der Waals surface area (Å²) < 4.78 is 18.8. The van der Waals surface area contributed by atoms with Crippen molar-refractivity contribution in [2.24, 2.45) is 11.1 Å². The first-order valence-corrected chi connectivity index (χ1v) is 8.25. The Labute approximate surface area is 147 Å². The summed E-state index contributed by atoms with van der Waals surface area (Å²) in [5.74, 6) is 0.348. The topological polar surface area (TPSA) is 85.2 Å². The number of aryl methyl sites for hydroxylation is 2. The zero-order chi connectivity index (χ0) is 18.6. The Morgan fingerprint density at radius 1 is 1.40 bits per heavy atom. The minimum atomic E-state index is -0.317. The highest BCUT2D eigenvalue weighted by atomic mass is 19.1. The van der Waals surface area contributed by atoms with Gasteiger partial charge in [0.05, 0.1) is 0 Å². The van der Waals surface area contributed by atoms with Crippen LogP contribution in [-0.2, 0) is 11.2 Å². The van der Waals surface area contributed by atoms with Gasteiger partial charge in [-0.05, 0) is 30.5 Å². The number of aromatic nitrogens is 2. The molecule has 0 fully saturated rings. The fraction of sp³-hybridized carbons (Fsp3) is 0.500. The molecule has 136 valence electrons. The van der Waals surface area contributed by atoms with E-state index in [-0.39, 0.29) is 23.6 Å². The van der Waals surface area contributed by atoms with Gasteiger partial charge in [-0.1, -0.05) is 31.1 Å². The lowest BCUT2D eigenvalue weighted by molar-refractivity contribution is -0.131. The quantitative estimate of drug-likeness (QED) is 0.831. The van der Waals surface area contributed by atoms with Gasteiger partial charge in [-0.25, -0.2) is 4.39 Å². The minimum Gasteiger partial charge on any atom is -0.345 e. The second-order valence-electron chi connectivity index (χ2n) is 7.09. The Morgan fingerprint density at radius 2 is 2.12 bits per heavy atom. The first-order valence-electron chi connectivity index (χ1n) is 8.25. The zero-order valence-electron chi connectivity index (χ0n) is 15.2. The van der Waals surface area contributed by atoms with Crippen molar-refractivity contribution in [3.05, 3.63) is 35.5 Å². The van der Waals surface area contributed by atoms with Crippen LogP contribution in [0.4, 0.5) is 4.39 Å². The van der Waals surface area contributed by atoms with Crippen molar-refractivity contribution in [3.8, 4) is 11.4 Å². The monoisotopic (exact) mass is 348 g/mol. The molecule has 0 radical (unpaired) electrons. The van der Waals surface area contributed by atoms with E-state index in [4.69, 9.17) is 10.3 Å². The van der Waals surface area contributed by atoms with Gasteiger partial charge in [-0.3, -0.25) is 4.79 Å². The van der Waals surface area contributed by atoms with E-state index in [0.717, 1.165) is 0 Å². The van der Waals surface area contributed by atoms with Crippen molar-refractivity contribution >= 4 is 5.91 Å². The van der Waals surface area contributed by atoms with E-state index < -0.39 is 0 Å². The highest BCUT2D eigenvalue weighted by Crippen LogP contribution is 2.20. The van der Waals surface area contributed by atoms with Crippen molar-refractivity contribution in [2.45, 2.75) is 33.6 Å². The first-order chi connectivity index (χ1) is 11.7. The SMILES string of the molecule is Cc1ccc(-c2noc(CCC(=O)N(C)CC(C)(C)CN)n2)cc1F. The molecule has 2 N–H and O–H groups in total. The first kappa shape index (κ1) is 19.1. The summed E-state index contributed by atoms with van der Waals surface area (Å²) in [5, 5.41) is 3.86. The summed E-state index contributed by atoms with van der Waals surface area (Å²) in [5.41, 5.74) is 6.68. The molecule has 7 heteroatoms. The Hall–Kier alpha value is -2.28. The number of carbonyl (C=O) groups excluding carboxylic acids is 1. The summed E-state index contributed by atoms with van der Waals surface area (Å²) in [7, 11) is 1.76. The third kappa shape index (κ3) is 5.09. The van der Waals surface area contributed by atoms with Gasteiger partial charge < -0.3 is 15.2 Å². The molecule has 2 rings (SSSR count). The average molecular weight is 348 g/mol. The predicted molar refractivity (Wildman–Crippen MR) is 93.2 cm³/mol. The van der Waals surface area contributed by atoms with E-state index in [2.05, 4.69) is 10.1 Å². The molecular formula is C18H25FN4O2. The number of benzene rings is 1. The molecule has 0 unspecified atom stereocenters. The molecule has 0 aliphatic heterocycles. The van der Waals surface area contributed by atoms with Crippen LogP contribution in [0.5, 0.6) is 0 Å². The lowest BCUT2D eigenvalue weighted by Gasteiger charge is -2.29. The number of amides is 1. The fourth-order valence-electron chi connectivity index (χ4n) is 2.41. The van der Waals surface area contributed by atoms with E-state index in [1.54, 1.807) is 31.0 Å². The summed E-state index contributed by atoms with van der Waals surface area (Å²) in [6, 6.07) is 4.77. The number of rotatable bonds is 7. The van der Waals surface area contributed by atoms with Gasteiger partial charge in [0.25, 0.3) is 0 Å². The average Bonchev–Trinajstić information content (AvgIpc) is 3.03. The van der Waals surface area contributed by atoms with Crippen molar-refractivity contribution in [2.75, 3.05) is 20.1 Å². The molecule has 2 aromatic rings. The number of carbonyl (C=O) groups is 1. The lowest BCUT2D eigenvalue weighted by Crippen LogP contribution is -2.39. The van der Waals surface area contributed by atoms with E-state index in [0.29, 0.717) is 42.4 Å². The van der Waals surface area contributed by atoms with Crippen LogP contribution in [0.1, 0.15) is 31.7 Å². The van der Waals surface area contributed by atoms with E-state index in [9.17, 15) is 9.18 Å². The van der Waals surface area contributed by atoms with E-state index in [1.165, 1.54) is 6.07 Å². The van der Waals surface area contributed by atoms with Crippen LogP contribution in [0.15, 0.2) is 22.7 Å². The van der Waals surface area contributed by atoms with Crippen molar-refractivity contribution in [1.29, 1.82) is 0 Å². The standard InChI is InChI=1S/C18H25FN4O2/c1-12-5-6-13(9-14(12)19)17-21-15(25-22-17)7-8-16(24)23(4)11-18(2,3)10-20/h5-6,9H,7-8,10-11,20H2,1-4H3. The minimum absolute atomic E-state index is 0.0114. The molecule has 0 saturated carbocycles. The molecule has 6 nitrogen and oxygen atoms in total. The highest BCUT2D eigenvalue weighted by molar-refractivity contribution is 5.76. The molecule has 0 atom stereocenters. The molecule has 1 aromatic heterocycles. The van der Waals surface area contributed by atoms with Crippen LogP contribution >= 0.6 is 0 Å². The van der Waals surface area contributed by atoms with Crippen LogP contribution in [0, 0.1) is 18.2 Å². The smallest absolute Gasteiger partial charge is 0.227 e. The summed E-state index contributed by atoms with van der Waals surface area (Å²) in [6.07, 6.45) is 0.606. The van der Waals surface area contributed by atoms with Gasteiger partial charge in [0.2, 0.25) is 17.6 Å². The van der Waals surface area contributed by atoms with Crippen LogP contribution < -0.4 is 5.73 Å². The molecule has 25 heavy (non-hydrogen) atoms.